The van der Waals surface area contributed by atoms with E-state index in [2.05, 4.69) is 31.1 Å². The minimum atomic E-state index is -0.919. The molecule has 4 nitrogen and oxygen atoms in total. The molecule has 0 aliphatic carbocycles. The molecule has 1 aromatic heterocycles. The molecule has 0 aliphatic heterocycles. The monoisotopic (exact) mass is 278 g/mol. The van der Waals surface area contributed by atoms with Gasteiger partial charge in [-0.1, -0.05) is 41.5 Å². The van der Waals surface area contributed by atoms with E-state index in [0.717, 1.165) is 12.2 Å². The molecule has 0 saturated carbocycles. The van der Waals surface area contributed by atoms with Gasteiger partial charge in [0, 0.05) is 17.7 Å². The quantitative estimate of drug-likeness (QED) is 0.860. The van der Waals surface area contributed by atoms with Crippen molar-refractivity contribution < 1.29 is 9.90 Å². The minimum Gasteiger partial charge on any atom is -0.478 e. The summed E-state index contributed by atoms with van der Waals surface area (Å²) in [5.74, 6) is 0.802. The van der Waals surface area contributed by atoms with E-state index < -0.39 is 5.97 Å². The van der Waals surface area contributed by atoms with Crippen LogP contribution in [0.15, 0.2) is 12.1 Å². The average Bonchev–Trinajstić information content (AvgIpc) is 2.34. The third-order valence-electron chi connectivity index (χ3n) is 3.58. The summed E-state index contributed by atoms with van der Waals surface area (Å²) < 4.78 is 0. The second-order valence-corrected chi connectivity index (χ2v) is 6.78. The van der Waals surface area contributed by atoms with Crippen LogP contribution in [0.1, 0.15) is 57.6 Å². The summed E-state index contributed by atoms with van der Waals surface area (Å²) in [4.78, 5) is 15.8. The third-order valence-corrected chi connectivity index (χ3v) is 3.58. The lowest BCUT2D eigenvalue weighted by Gasteiger charge is -2.21. The normalized spacial score (nSPS) is 13.3. The highest BCUT2D eigenvalue weighted by Crippen LogP contribution is 2.23. The lowest BCUT2D eigenvalue weighted by molar-refractivity contribution is 0.0696. The number of carboxylic acids is 1. The van der Waals surface area contributed by atoms with Gasteiger partial charge >= 0.3 is 5.97 Å². The van der Waals surface area contributed by atoms with E-state index in [4.69, 9.17) is 0 Å². The van der Waals surface area contributed by atoms with E-state index in [-0.39, 0.29) is 11.0 Å². The van der Waals surface area contributed by atoms with Crippen LogP contribution in [-0.2, 0) is 5.41 Å². The molecule has 0 fully saturated rings. The Morgan fingerprint density at radius 1 is 1.30 bits per heavy atom. The highest BCUT2D eigenvalue weighted by atomic mass is 16.4. The van der Waals surface area contributed by atoms with E-state index in [1.165, 1.54) is 0 Å². The number of carbonyl (C=O) groups is 1. The van der Waals surface area contributed by atoms with Gasteiger partial charge in [-0.15, -0.1) is 0 Å². The summed E-state index contributed by atoms with van der Waals surface area (Å²) in [7, 11) is 0. The van der Waals surface area contributed by atoms with Crippen LogP contribution >= 0.6 is 0 Å². The summed E-state index contributed by atoms with van der Waals surface area (Å²) in [6.45, 7) is 13.4. The van der Waals surface area contributed by atoms with Crippen molar-refractivity contribution in [2.24, 2.45) is 11.8 Å². The molecule has 1 heterocycles. The zero-order valence-corrected chi connectivity index (χ0v) is 13.3. The fourth-order valence-electron chi connectivity index (χ4n) is 1.63. The van der Waals surface area contributed by atoms with Crippen LogP contribution in [0.2, 0.25) is 0 Å². The first-order chi connectivity index (χ1) is 9.11. The summed E-state index contributed by atoms with van der Waals surface area (Å²) in [5, 5.41) is 12.5. The lowest BCUT2D eigenvalue weighted by Crippen LogP contribution is -2.20. The first-order valence-corrected chi connectivity index (χ1v) is 7.11. The molecule has 0 aromatic carbocycles. The third kappa shape index (κ3) is 4.51. The molecular formula is C16H26N2O2. The predicted octanol–water partition coefficient (Wildman–Crippen LogP) is 3.78. The molecule has 1 unspecified atom stereocenters. The van der Waals surface area contributed by atoms with Crippen molar-refractivity contribution in [3.05, 3.63) is 23.4 Å². The first kappa shape index (κ1) is 16.5. The standard InChI is InChI=1S/C16H26N2O2/c1-10(2)11(3)9-17-14-8-12(15(19)20)7-13(18-14)16(4,5)6/h7-8,10-11H,9H2,1-6H3,(H,17,18)(H,19,20). The zero-order chi connectivity index (χ0) is 15.5. The Balaban J connectivity index is 3.01. The highest BCUT2D eigenvalue weighted by Gasteiger charge is 2.19. The molecule has 0 radical (unpaired) electrons. The molecule has 0 bridgehead atoms. The van der Waals surface area contributed by atoms with Gasteiger partial charge in [-0.25, -0.2) is 9.78 Å². The molecule has 20 heavy (non-hydrogen) atoms. The van der Waals surface area contributed by atoms with Gasteiger partial charge in [0.05, 0.1) is 5.56 Å². The lowest BCUT2D eigenvalue weighted by atomic mass is 9.90. The molecule has 1 aromatic rings. The Kier molecular flexibility index (Phi) is 5.15. The topological polar surface area (TPSA) is 62.2 Å². The number of hydrogen-bond donors (Lipinski definition) is 2. The molecule has 2 N–H and O–H groups in total. The fraction of sp³-hybridized carbons (Fsp3) is 0.625. The smallest absolute Gasteiger partial charge is 0.335 e. The molecule has 1 atom stereocenters. The summed E-state index contributed by atoms with van der Waals surface area (Å²) in [6.07, 6.45) is 0. The van der Waals surface area contributed by atoms with Crippen LogP contribution in [0, 0.1) is 11.8 Å². The Bertz CT molecular complexity index is 476. The molecule has 0 aliphatic rings. The predicted molar refractivity (Wildman–Crippen MR) is 82.4 cm³/mol. The van der Waals surface area contributed by atoms with Crippen LogP contribution in [0.25, 0.3) is 0 Å². The maximum absolute atomic E-state index is 11.2. The Morgan fingerprint density at radius 3 is 2.35 bits per heavy atom. The van der Waals surface area contributed by atoms with Crippen LogP contribution in [0.3, 0.4) is 0 Å². The van der Waals surface area contributed by atoms with Crippen molar-refractivity contribution in [2.75, 3.05) is 11.9 Å². The number of nitrogens with zero attached hydrogens (tertiary/aromatic N) is 1. The van der Waals surface area contributed by atoms with Crippen molar-refractivity contribution in [1.29, 1.82) is 0 Å². The minimum absolute atomic E-state index is 0.175. The van der Waals surface area contributed by atoms with Crippen molar-refractivity contribution in [3.63, 3.8) is 0 Å². The summed E-state index contributed by atoms with van der Waals surface area (Å²) in [6, 6.07) is 3.25. The maximum Gasteiger partial charge on any atom is 0.335 e. The number of carboxylic acid groups (broad SMARTS) is 1. The molecule has 112 valence electrons. The van der Waals surface area contributed by atoms with Gasteiger partial charge in [0.2, 0.25) is 0 Å². The second-order valence-electron chi connectivity index (χ2n) is 6.78. The number of anilines is 1. The molecule has 4 heteroatoms. The maximum atomic E-state index is 11.2. The van der Waals surface area contributed by atoms with Gasteiger partial charge in [0.1, 0.15) is 5.82 Å². The number of aromatic carboxylic acids is 1. The van der Waals surface area contributed by atoms with Gasteiger partial charge < -0.3 is 10.4 Å². The van der Waals surface area contributed by atoms with Gasteiger partial charge in [-0.05, 0) is 24.0 Å². The number of nitrogens with one attached hydrogen (secondary N) is 1. The van der Waals surface area contributed by atoms with Gasteiger partial charge in [-0.2, -0.15) is 0 Å². The van der Waals surface area contributed by atoms with Crippen LogP contribution in [-0.4, -0.2) is 22.6 Å². The largest absolute Gasteiger partial charge is 0.478 e. The SMILES string of the molecule is CC(C)C(C)CNc1cc(C(=O)O)cc(C(C)(C)C)n1. The van der Waals surface area contributed by atoms with Crippen molar-refractivity contribution in [2.45, 2.75) is 47.0 Å². The van der Waals surface area contributed by atoms with E-state index in [9.17, 15) is 9.90 Å². The molecule has 0 amide bonds. The molecule has 1 rings (SSSR count). The molecular weight excluding hydrogens is 252 g/mol. The summed E-state index contributed by atoms with van der Waals surface area (Å²) in [5.41, 5.74) is 0.896. The van der Waals surface area contributed by atoms with Crippen molar-refractivity contribution in [3.8, 4) is 0 Å². The van der Waals surface area contributed by atoms with E-state index in [1.807, 2.05) is 20.8 Å². The number of rotatable bonds is 5. The average molecular weight is 278 g/mol. The molecule has 0 spiro atoms. The Morgan fingerprint density at radius 2 is 1.90 bits per heavy atom. The Hall–Kier alpha value is -1.58. The van der Waals surface area contributed by atoms with Gasteiger partial charge in [-0.3, -0.25) is 0 Å². The van der Waals surface area contributed by atoms with Gasteiger partial charge in [0.15, 0.2) is 0 Å². The van der Waals surface area contributed by atoms with Crippen molar-refractivity contribution in [1.82, 2.24) is 4.98 Å². The van der Waals surface area contributed by atoms with Crippen LogP contribution < -0.4 is 5.32 Å². The zero-order valence-electron chi connectivity index (χ0n) is 13.3. The van der Waals surface area contributed by atoms with E-state index in [0.29, 0.717) is 17.7 Å². The Labute approximate surface area is 121 Å². The van der Waals surface area contributed by atoms with E-state index in [1.54, 1.807) is 12.1 Å². The van der Waals surface area contributed by atoms with Crippen molar-refractivity contribution >= 4 is 11.8 Å². The van der Waals surface area contributed by atoms with Crippen LogP contribution in [0.4, 0.5) is 5.82 Å². The van der Waals surface area contributed by atoms with Crippen LogP contribution in [0.5, 0.6) is 0 Å². The first-order valence-electron chi connectivity index (χ1n) is 7.11. The second kappa shape index (κ2) is 6.25. The number of hydrogen-bond acceptors (Lipinski definition) is 3. The fourth-order valence-corrected chi connectivity index (χ4v) is 1.63. The highest BCUT2D eigenvalue weighted by molar-refractivity contribution is 5.88. The molecule has 0 saturated heterocycles. The number of aromatic nitrogens is 1. The van der Waals surface area contributed by atoms with Gasteiger partial charge in [0.25, 0.3) is 0 Å². The summed E-state index contributed by atoms with van der Waals surface area (Å²) >= 11 is 0. The number of pyridine rings is 1. The van der Waals surface area contributed by atoms with E-state index >= 15 is 0 Å².